The van der Waals surface area contributed by atoms with Gasteiger partial charge in [-0.2, -0.15) is 0 Å². The van der Waals surface area contributed by atoms with Crippen LogP contribution in [0.5, 0.6) is 11.5 Å². The zero-order chi connectivity index (χ0) is 18.3. The van der Waals surface area contributed by atoms with Crippen molar-refractivity contribution in [1.82, 2.24) is 10.0 Å². The van der Waals surface area contributed by atoms with Crippen LogP contribution < -0.4 is 19.5 Å². The first-order valence-corrected chi connectivity index (χ1v) is 8.97. The highest BCUT2D eigenvalue weighted by molar-refractivity contribution is 7.89. The first-order valence-electron chi connectivity index (χ1n) is 7.48. The quantitative estimate of drug-likeness (QED) is 0.736. The van der Waals surface area contributed by atoms with Gasteiger partial charge in [0.05, 0.1) is 20.8 Å². The number of carbonyl (C=O) groups excluding carboxylic acids is 1. The third-order valence-corrected chi connectivity index (χ3v) is 4.84. The molecule has 8 heteroatoms. The first kappa shape index (κ1) is 18.8. The van der Waals surface area contributed by atoms with E-state index in [-0.39, 0.29) is 17.2 Å². The van der Waals surface area contributed by atoms with E-state index >= 15 is 0 Å². The SMILES string of the molecule is COc1ccc(OC)c(S(=O)(=O)NCC(=O)NCc2ccccc2)c1. The summed E-state index contributed by atoms with van der Waals surface area (Å²) in [7, 11) is -1.13. The fourth-order valence-electron chi connectivity index (χ4n) is 2.09. The number of benzene rings is 2. The average molecular weight is 364 g/mol. The van der Waals surface area contributed by atoms with Gasteiger partial charge in [0.15, 0.2) is 0 Å². The third-order valence-electron chi connectivity index (χ3n) is 3.42. The van der Waals surface area contributed by atoms with Gasteiger partial charge >= 0.3 is 0 Å². The fourth-order valence-corrected chi connectivity index (χ4v) is 3.26. The number of ether oxygens (including phenoxy) is 2. The first-order chi connectivity index (χ1) is 12.0. The average Bonchev–Trinajstić information content (AvgIpc) is 2.65. The molecule has 7 nitrogen and oxygen atoms in total. The molecule has 25 heavy (non-hydrogen) atoms. The van der Waals surface area contributed by atoms with E-state index in [0.29, 0.717) is 12.3 Å². The van der Waals surface area contributed by atoms with Gasteiger partial charge < -0.3 is 14.8 Å². The molecule has 0 saturated heterocycles. The van der Waals surface area contributed by atoms with Crippen molar-refractivity contribution in [2.24, 2.45) is 0 Å². The molecule has 0 aliphatic heterocycles. The summed E-state index contributed by atoms with van der Waals surface area (Å²) in [5.41, 5.74) is 0.924. The Balaban J connectivity index is 2.00. The fraction of sp³-hybridized carbons (Fsp3) is 0.235. The molecule has 0 fully saturated rings. The standard InChI is InChI=1S/C17H20N2O5S/c1-23-14-8-9-15(24-2)16(10-14)25(21,22)19-12-17(20)18-11-13-6-4-3-5-7-13/h3-10,19H,11-12H2,1-2H3,(H,18,20). The largest absolute Gasteiger partial charge is 0.497 e. The van der Waals surface area contributed by atoms with Gasteiger partial charge in [0, 0.05) is 12.6 Å². The molecule has 0 radical (unpaired) electrons. The number of carbonyl (C=O) groups is 1. The molecule has 2 aromatic rings. The van der Waals surface area contributed by atoms with Crippen molar-refractivity contribution in [3.8, 4) is 11.5 Å². The molecule has 0 saturated carbocycles. The maximum absolute atomic E-state index is 12.4. The number of methoxy groups -OCH3 is 2. The summed E-state index contributed by atoms with van der Waals surface area (Å²) in [4.78, 5) is 11.8. The van der Waals surface area contributed by atoms with Crippen LogP contribution in [0.15, 0.2) is 53.4 Å². The van der Waals surface area contributed by atoms with E-state index in [1.165, 1.54) is 26.4 Å². The summed E-state index contributed by atoms with van der Waals surface area (Å²) < 4.78 is 37.2. The van der Waals surface area contributed by atoms with E-state index in [1.807, 2.05) is 30.3 Å². The van der Waals surface area contributed by atoms with Crippen LogP contribution in [0.1, 0.15) is 5.56 Å². The van der Waals surface area contributed by atoms with Gasteiger partial charge in [0.1, 0.15) is 16.4 Å². The van der Waals surface area contributed by atoms with Crippen molar-refractivity contribution in [1.29, 1.82) is 0 Å². The Morgan fingerprint density at radius 3 is 2.40 bits per heavy atom. The second-order valence-corrected chi connectivity index (χ2v) is 6.84. The molecule has 0 aliphatic rings. The lowest BCUT2D eigenvalue weighted by Crippen LogP contribution is -2.36. The molecule has 134 valence electrons. The van der Waals surface area contributed by atoms with Gasteiger partial charge in [-0.25, -0.2) is 13.1 Å². The maximum Gasteiger partial charge on any atom is 0.244 e. The van der Waals surface area contributed by atoms with Crippen LogP contribution in [0.25, 0.3) is 0 Å². The van der Waals surface area contributed by atoms with Crippen molar-refractivity contribution >= 4 is 15.9 Å². The van der Waals surface area contributed by atoms with E-state index in [9.17, 15) is 13.2 Å². The van der Waals surface area contributed by atoms with Gasteiger partial charge in [-0.05, 0) is 17.7 Å². The van der Waals surface area contributed by atoms with Crippen LogP contribution in [-0.4, -0.2) is 35.1 Å². The predicted molar refractivity (Wildman–Crippen MR) is 93.0 cm³/mol. The molecule has 0 atom stereocenters. The summed E-state index contributed by atoms with van der Waals surface area (Å²) >= 11 is 0. The Hall–Kier alpha value is -2.58. The summed E-state index contributed by atoms with van der Waals surface area (Å²) in [6.45, 7) is -0.0561. The van der Waals surface area contributed by atoms with Crippen LogP contribution in [0.4, 0.5) is 0 Å². The van der Waals surface area contributed by atoms with Crippen LogP contribution in [0.3, 0.4) is 0 Å². The minimum absolute atomic E-state index is 0.0924. The second-order valence-electron chi connectivity index (χ2n) is 5.10. The number of hydrogen-bond acceptors (Lipinski definition) is 5. The lowest BCUT2D eigenvalue weighted by Gasteiger charge is -2.12. The van der Waals surface area contributed by atoms with E-state index < -0.39 is 15.9 Å². The lowest BCUT2D eigenvalue weighted by atomic mass is 10.2. The van der Waals surface area contributed by atoms with E-state index in [0.717, 1.165) is 5.56 Å². The summed E-state index contributed by atoms with van der Waals surface area (Å²) in [5, 5.41) is 2.65. The Labute approximate surface area is 147 Å². The lowest BCUT2D eigenvalue weighted by molar-refractivity contribution is -0.120. The number of sulfonamides is 1. The highest BCUT2D eigenvalue weighted by atomic mass is 32.2. The topological polar surface area (TPSA) is 93.7 Å². The monoisotopic (exact) mass is 364 g/mol. The van der Waals surface area contributed by atoms with Gasteiger partial charge in [-0.15, -0.1) is 0 Å². The molecule has 0 spiro atoms. The van der Waals surface area contributed by atoms with Gasteiger partial charge in [0.2, 0.25) is 15.9 Å². The highest BCUT2D eigenvalue weighted by Crippen LogP contribution is 2.27. The molecule has 0 aromatic heterocycles. The van der Waals surface area contributed by atoms with Crippen molar-refractivity contribution in [2.75, 3.05) is 20.8 Å². The molecule has 0 unspecified atom stereocenters. The summed E-state index contributed by atoms with van der Waals surface area (Å²) in [5.74, 6) is 0.0991. The number of rotatable bonds is 8. The molecule has 0 aliphatic carbocycles. The zero-order valence-electron chi connectivity index (χ0n) is 14.0. The zero-order valence-corrected chi connectivity index (χ0v) is 14.8. The number of nitrogens with one attached hydrogen (secondary N) is 2. The molecule has 1 amide bonds. The van der Waals surface area contributed by atoms with Gasteiger partial charge in [-0.3, -0.25) is 4.79 Å². The molecule has 2 aromatic carbocycles. The summed E-state index contributed by atoms with van der Waals surface area (Å²) in [6, 6.07) is 13.7. The van der Waals surface area contributed by atoms with E-state index in [4.69, 9.17) is 9.47 Å². The number of hydrogen-bond donors (Lipinski definition) is 2. The smallest absolute Gasteiger partial charge is 0.244 e. The van der Waals surface area contributed by atoms with Crippen molar-refractivity contribution < 1.29 is 22.7 Å². The molecule has 0 heterocycles. The van der Waals surface area contributed by atoms with E-state index in [2.05, 4.69) is 10.0 Å². The Morgan fingerprint density at radius 1 is 1.04 bits per heavy atom. The van der Waals surface area contributed by atoms with Crippen molar-refractivity contribution in [3.05, 3.63) is 54.1 Å². The number of amides is 1. The predicted octanol–water partition coefficient (Wildman–Crippen LogP) is 1.30. The third kappa shape index (κ3) is 5.20. The Kier molecular flexibility index (Phi) is 6.37. The minimum Gasteiger partial charge on any atom is -0.497 e. The Morgan fingerprint density at radius 2 is 1.76 bits per heavy atom. The molecule has 2 rings (SSSR count). The van der Waals surface area contributed by atoms with Crippen molar-refractivity contribution in [2.45, 2.75) is 11.4 Å². The van der Waals surface area contributed by atoms with Crippen LogP contribution in [0.2, 0.25) is 0 Å². The van der Waals surface area contributed by atoms with Gasteiger partial charge in [0.25, 0.3) is 0 Å². The molecular formula is C17H20N2O5S. The highest BCUT2D eigenvalue weighted by Gasteiger charge is 2.21. The summed E-state index contributed by atoms with van der Waals surface area (Å²) in [6.07, 6.45) is 0. The van der Waals surface area contributed by atoms with Gasteiger partial charge in [-0.1, -0.05) is 30.3 Å². The molecule has 0 bridgehead atoms. The van der Waals surface area contributed by atoms with Crippen LogP contribution in [0, 0.1) is 0 Å². The van der Waals surface area contributed by atoms with E-state index in [1.54, 1.807) is 6.07 Å². The maximum atomic E-state index is 12.4. The minimum atomic E-state index is -3.93. The normalized spacial score (nSPS) is 11.0. The Bertz CT molecular complexity index is 822. The molecule has 2 N–H and O–H groups in total. The second kappa shape index (κ2) is 8.50. The van der Waals surface area contributed by atoms with Crippen LogP contribution in [-0.2, 0) is 21.4 Å². The van der Waals surface area contributed by atoms with Crippen LogP contribution >= 0.6 is 0 Å². The van der Waals surface area contributed by atoms with Crippen molar-refractivity contribution in [3.63, 3.8) is 0 Å². The molecular weight excluding hydrogens is 344 g/mol.